The predicted octanol–water partition coefficient (Wildman–Crippen LogP) is 2.82. The van der Waals surface area contributed by atoms with Crippen LogP contribution in [0.5, 0.6) is 5.75 Å². The lowest BCUT2D eigenvalue weighted by Crippen LogP contribution is -2.53. The molecule has 1 saturated heterocycles. The van der Waals surface area contributed by atoms with E-state index >= 15 is 0 Å². The molecule has 0 spiro atoms. The number of allylic oxidation sites excluding steroid dienone is 2. The fourth-order valence-electron chi connectivity index (χ4n) is 2.81. The zero-order valence-electron chi connectivity index (χ0n) is 15.9. The molecule has 0 radical (unpaired) electrons. The Morgan fingerprint density at radius 1 is 1.10 bits per heavy atom. The minimum Gasteiger partial charge on any atom is -0.497 e. The number of nitrogens with zero attached hydrogens (tertiary/aromatic N) is 2. The van der Waals surface area contributed by atoms with Crippen LogP contribution in [0.4, 0.5) is 10.5 Å². The number of benzene rings is 2. The number of ether oxygens (including phenoxy) is 1. The first-order valence-corrected chi connectivity index (χ1v) is 8.82. The lowest BCUT2D eigenvalue weighted by molar-refractivity contribution is -0.385. The third-order valence-electron chi connectivity index (χ3n) is 4.36. The summed E-state index contributed by atoms with van der Waals surface area (Å²) in [6, 6.07) is 12.0. The molecule has 3 rings (SSSR count). The van der Waals surface area contributed by atoms with Crippen molar-refractivity contribution in [3.63, 3.8) is 0 Å². The van der Waals surface area contributed by atoms with Crippen LogP contribution in [0.3, 0.4) is 0 Å². The Morgan fingerprint density at radius 2 is 1.80 bits per heavy atom. The summed E-state index contributed by atoms with van der Waals surface area (Å²) in [5.74, 6) is -0.959. The summed E-state index contributed by atoms with van der Waals surface area (Å²) in [7, 11) is 1.52. The summed E-state index contributed by atoms with van der Waals surface area (Å²) in [6.07, 6.45) is 3.99. The number of nitrogens with one attached hydrogen (secondary N) is 1. The van der Waals surface area contributed by atoms with Crippen molar-refractivity contribution in [3.8, 4) is 5.75 Å². The average Bonchev–Trinajstić information content (AvgIpc) is 2.74. The molecule has 0 aliphatic carbocycles. The minimum absolute atomic E-state index is 0.0346. The summed E-state index contributed by atoms with van der Waals surface area (Å²) in [4.78, 5) is 48.4. The molecule has 1 aliphatic rings. The Morgan fingerprint density at radius 3 is 2.47 bits per heavy atom. The monoisotopic (exact) mass is 407 g/mol. The molecule has 30 heavy (non-hydrogen) atoms. The predicted molar refractivity (Wildman–Crippen MR) is 107 cm³/mol. The molecular weight excluding hydrogens is 390 g/mol. The standard InChI is InChI=1S/C21H17N3O6/c1-30-16-11-9-14(10-12-16)13-23-20(26)17(19(25)22-21(23)27)7-4-6-15-5-2-3-8-18(15)24(28)29/h2-12H,13H2,1H3,(H,22,25,27)/b6-4+,17-7-. The van der Waals surface area contributed by atoms with Crippen LogP contribution in [-0.2, 0) is 16.1 Å². The van der Waals surface area contributed by atoms with E-state index in [1.54, 1.807) is 30.3 Å². The molecule has 152 valence electrons. The lowest BCUT2D eigenvalue weighted by Gasteiger charge is -2.26. The number of barbiturate groups is 1. The summed E-state index contributed by atoms with van der Waals surface area (Å²) >= 11 is 0. The van der Waals surface area contributed by atoms with E-state index in [2.05, 4.69) is 5.32 Å². The van der Waals surface area contributed by atoms with E-state index in [0.29, 0.717) is 16.9 Å². The molecule has 1 fully saturated rings. The molecule has 1 aliphatic heterocycles. The van der Waals surface area contributed by atoms with E-state index in [0.717, 1.165) is 4.90 Å². The summed E-state index contributed by atoms with van der Waals surface area (Å²) in [5.41, 5.74) is 0.624. The van der Waals surface area contributed by atoms with Gasteiger partial charge in [0, 0.05) is 6.07 Å². The van der Waals surface area contributed by atoms with Gasteiger partial charge in [0.25, 0.3) is 17.5 Å². The molecule has 9 heteroatoms. The normalized spacial score (nSPS) is 15.6. The number of rotatable bonds is 6. The molecule has 0 saturated carbocycles. The maximum atomic E-state index is 12.7. The van der Waals surface area contributed by atoms with Crippen LogP contribution in [0, 0.1) is 10.1 Å². The Kier molecular flexibility index (Phi) is 6.02. The first-order valence-electron chi connectivity index (χ1n) is 8.82. The number of para-hydroxylation sites is 1. The van der Waals surface area contributed by atoms with Gasteiger partial charge < -0.3 is 4.74 Å². The van der Waals surface area contributed by atoms with E-state index in [4.69, 9.17) is 4.74 Å². The van der Waals surface area contributed by atoms with E-state index in [1.807, 2.05) is 0 Å². The summed E-state index contributed by atoms with van der Waals surface area (Å²) in [5, 5.41) is 13.2. The van der Waals surface area contributed by atoms with Crippen LogP contribution in [0.1, 0.15) is 11.1 Å². The second-order valence-corrected chi connectivity index (χ2v) is 6.25. The van der Waals surface area contributed by atoms with Gasteiger partial charge in [-0.25, -0.2) is 4.79 Å². The van der Waals surface area contributed by atoms with Gasteiger partial charge in [0.15, 0.2) is 0 Å². The first-order chi connectivity index (χ1) is 14.4. The number of carbonyl (C=O) groups is 3. The molecule has 4 amide bonds. The SMILES string of the molecule is COc1ccc(CN2C(=O)NC(=O)/C(=C/C=C/c3ccccc3[N+](=O)[O-])C2=O)cc1. The van der Waals surface area contributed by atoms with E-state index < -0.39 is 22.8 Å². The number of imide groups is 2. The van der Waals surface area contributed by atoms with Crippen molar-refractivity contribution in [2.24, 2.45) is 0 Å². The Balaban J connectivity index is 1.82. The summed E-state index contributed by atoms with van der Waals surface area (Å²) in [6.45, 7) is -0.0346. The van der Waals surface area contributed by atoms with Crippen LogP contribution in [0.25, 0.3) is 6.08 Å². The maximum absolute atomic E-state index is 12.7. The van der Waals surface area contributed by atoms with Crippen molar-refractivity contribution in [2.75, 3.05) is 7.11 Å². The number of hydrogen-bond donors (Lipinski definition) is 1. The van der Waals surface area contributed by atoms with Gasteiger partial charge in [-0.2, -0.15) is 0 Å². The highest BCUT2D eigenvalue weighted by Gasteiger charge is 2.35. The van der Waals surface area contributed by atoms with Crippen molar-refractivity contribution in [2.45, 2.75) is 6.54 Å². The van der Waals surface area contributed by atoms with Gasteiger partial charge in [0.1, 0.15) is 11.3 Å². The van der Waals surface area contributed by atoms with Gasteiger partial charge >= 0.3 is 6.03 Å². The average molecular weight is 407 g/mol. The van der Waals surface area contributed by atoms with Crippen molar-refractivity contribution >= 4 is 29.6 Å². The van der Waals surface area contributed by atoms with Crippen molar-refractivity contribution in [1.82, 2.24) is 10.2 Å². The van der Waals surface area contributed by atoms with E-state index in [9.17, 15) is 24.5 Å². The third-order valence-corrected chi connectivity index (χ3v) is 4.36. The number of hydrogen-bond acceptors (Lipinski definition) is 6. The minimum atomic E-state index is -0.830. The number of amides is 4. The number of methoxy groups -OCH3 is 1. The largest absolute Gasteiger partial charge is 0.497 e. The van der Waals surface area contributed by atoms with Gasteiger partial charge in [0.2, 0.25) is 0 Å². The molecule has 9 nitrogen and oxygen atoms in total. The Hall–Kier alpha value is -4.27. The molecule has 0 bridgehead atoms. The fraction of sp³-hybridized carbons (Fsp3) is 0.0952. The molecule has 2 aromatic rings. The second-order valence-electron chi connectivity index (χ2n) is 6.25. The van der Waals surface area contributed by atoms with Crippen molar-refractivity contribution in [1.29, 1.82) is 0 Å². The number of urea groups is 1. The zero-order valence-corrected chi connectivity index (χ0v) is 15.9. The smallest absolute Gasteiger partial charge is 0.331 e. The second kappa shape index (κ2) is 8.82. The van der Waals surface area contributed by atoms with Crippen molar-refractivity contribution in [3.05, 3.63) is 87.5 Å². The van der Waals surface area contributed by atoms with Gasteiger partial charge in [-0.1, -0.05) is 30.3 Å². The number of nitro groups is 1. The van der Waals surface area contributed by atoms with Crippen LogP contribution < -0.4 is 10.1 Å². The quantitative estimate of drug-likeness (QED) is 0.340. The zero-order chi connectivity index (χ0) is 21.7. The molecule has 2 aromatic carbocycles. The van der Waals surface area contributed by atoms with Crippen LogP contribution in [0.2, 0.25) is 0 Å². The number of carbonyl (C=O) groups excluding carboxylic acids is 3. The highest BCUT2D eigenvalue weighted by Crippen LogP contribution is 2.20. The molecular formula is C21H17N3O6. The number of nitro benzene ring substituents is 1. The Labute approximate surface area is 171 Å². The molecule has 0 unspecified atom stereocenters. The van der Waals surface area contributed by atoms with E-state index in [1.165, 1.54) is 43.5 Å². The molecule has 1 heterocycles. The van der Waals surface area contributed by atoms with Crippen LogP contribution in [-0.4, -0.2) is 34.8 Å². The summed E-state index contributed by atoms with van der Waals surface area (Å²) < 4.78 is 5.07. The molecule has 0 atom stereocenters. The first kappa shape index (κ1) is 20.5. The molecule has 0 aromatic heterocycles. The van der Waals surface area contributed by atoms with Gasteiger partial charge in [-0.3, -0.25) is 29.9 Å². The van der Waals surface area contributed by atoms with Crippen molar-refractivity contribution < 1.29 is 24.0 Å². The Bertz CT molecular complexity index is 1070. The highest BCUT2D eigenvalue weighted by atomic mass is 16.6. The fourth-order valence-corrected chi connectivity index (χ4v) is 2.81. The molecule has 1 N–H and O–H groups in total. The van der Waals surface area contributed by atoms with Gasteiger partial charge in [0.05, 0.1) is 24.1 Å². The van der Waals surface area contributed by atoms with Gasteiger partial charge in [-0.05, 0) is 35.9 Å². The van der Waals surface area contributed by atoms with Gasteiger partial charge in [-0.15, -0.1) is 0 Å². The van der Waals surface area contributed by atoms with Crippen LogP contribution >= 0.6 is 0 Å². The topological polar surface area (TPSA) is 119 Å². The lowest BCUT2D eigenvalue weighted by atomic mass is 10.1. The van der Waals surface area contributed by atoms with Crippen LogP contribution in [0.15, 0.2) is 66.3 Å². The maximum Gasteiger partial charge on any atom is 0.331 e. The third kappa shape index (κ3) is 4.41. The van der Waals surface area contributed by atoms with E-state index in [-0.39, 0.29) is 17.8 Å². The highest BCUT2D eigenvalue weighted by molar-refractivity contribution is 6.28.